The molecule has 2 saturated carbocycles. The van der Waals surface area contributed by atoms with Gasteiger partial charge in [-0.3, -0.25) is 0 Å². The second-order valence-electron chi connectivity index (χ2n) is 6.75. The van der Waals surface area contributed by atoms with Gasteiger partial charge in [-0.05, 0) is 68.5 Å². The molecule has 1 unspecified atom stereocenters. The molecule has 0 bridgehead atoms. The Hall–Kier alpha value is -0.280. The molecule has 0 aromatic heterocycles. The van der Waals surface area contributed by atoms with Gasteiger partial charge in [0.15, 0.2) is 0 Å². The van der Waals surface area contributed by atoms with Crippen LogP contribution in [0, 0.1) is 11.3 Å². The largest absolute Gasteiger partial charge is 0.387 e. The van der Waals surface area contributed by atoms with E-state index >= 15 is 0 Å². The molecule has 4 heteroatoms. The summed E-state index contributed by atoms with van der Waals surface area (Å²) in [6.07, 6.45) is 7.72. The Labute approximate surface area is 136 Å². The lowest BCUT2D eigenvalue weighted by molar-refractivity contribution is 0.168. The first kappa shape index (κ1) is 15.6. The molecule has 2 aliphatic rings. The molecule has 1 atom stereocenters. The Morgan fingerprint density at radius 2 is 1.76 bits per heavy atom. The van der Waals surface area contributed by atoms with Gasteiger partial charge in [0.2, 0.25) is 0 Å². The first-order valence-electron chi connectivity index (χ1n) is 7.92. The summed E-state index contributed by atoms with van der Waals surface area (Å²) in [4.78, 5) is 0. The van der Waals surface area contributed by atoms with E-state index in [2.05, 4.69) is 5.32 Å². The first-order valence-corrected chi connectivity index (χ1v) is 8.68. The highest BCUT2D eigenvalue weighted by Gasteiger charge is 2.44. The highest BCUT2D eigenvalue weighted by Crippen LogP contribution is 2.57. The molecule has 0 amide bonds. The number of nitrogens with one attached hydrogen (secondary N) is 1. The number of rotatable bonds is 5. The Kier molecular flexibility index (Phi) is 4.80. The molecule has 2 N–H and O–H groups in total. The van der Waals surface area contributed by atoms with Crippen molar-refractivity contribution in [2.24, 2.45) is 11.3 Å². The molecular formula is C17H23Cl2NO. The van der Waals surface area contributed by atoms with E-state index in [1.54, 1.807) is 18.2 Å². The van der Waals surface area contributed by atoms with Crippen LogP contribution in [0.15, 0.2) is 18.2 Å². The second-order valence-corrected chi connectivity index (χ2v) is 7.57. The minimum Gasteiger partial charge on any atom is -0.387 e. The molecule has 0 aliphatic heterocycles. The van der Waals surface area contributed by atoms with Crippen molar-refractivity contribution in [2.45, 2.75) is 44.6 Å². The van der Waals surface area contributed by atoms with Gasteiger partial charge in [-0.15, -0.1) is 0 Å². The van der Waals surface area contributed by atoms with Crippen LogP contribution in [0.1, 0.15) is 50.2 Å². The van der Waals surface area contributed by atoms with Crippen molar-refractivity contribution in [1.82, 2.24) is 5.32 Å². The van der Waals surface area contributed by atoms with Gasteiger partial charge in [-0.2, -0.15) is 0 Å². The maximum Gasteiger partial charge on any atom is 0.0943 e. The zero-order valence-corrected chi connectivity index (χ0v) is 13.8. The van der Waals surface area contributed by atoms with Crippen molar-refractivity contribution in [2.75, 3.05) is 13.1 Å². The summed E-state index contributed by atoms with van der Waals surface area (Å²) in [6.45, 7) is 1.49. The SMILES string of the molecule is OC(CNCC1CCC2(CC1)CC2)c1c(Cl)cccc1Cl. The van der Waals surface area contributed by atoms with Crippen molar-refractivity contribution in [3.05, 3.63) is 33.8 Å². The molecular weight excluding hydrogens is 305 g/mol. The highest BCUT2D eigenvalue weighted by atomic mass is 35.5. The normalized spacial score (nSPS) is 22.4. The summed E-state index contributed by atoms with van der Waals surface area (Å²) in [6, 6.07) is 5.33. The van der Waals surface area contributed by atoms with Gasteiger partial charge in [-0.25, -0.2) is 0 Å². The third kappa shape index (κ3) is 3.73. The fourth-order valence-corrected chi connectivity index (χ4v) is 4.18. The van der Waals surface area contributed by atoms with Crippen LogP contribution >= 0.6 is 23.2 Å². The van der Waals surface area contributed by atoms with Gasteiger partial charge >= 0.3 is 0 Å². The van der Waals surface area contributed by atoms with Crippen LogP contribution in [0.2, 0.25) is 10.0 Å². The minimum absolute atomic E-state index is 0.505. The Morgan fingerprint density at radius 3 is 2.33 bits per heavy atom. The molecule has 116 valence electrons. The van der Waals surface area contributed by atoms with E-state index in [1.807, 2.05) is 0 Å². The predicted octanol–water partition coefficient (Wildman–Crippen LogP) is 4.59. The van der Waals surface area contributed by atoms with Gasteiger partial charge < -0.3 is 10.4 Å². The summed E-state index contributed by atoms with van der Waals surface area (Å²) in [5.41, 5.74) is 1.38. The zero-order valence-electron chi connectivity index (χ0n) is 12.2. The number of hydrogen-bond acceptors (Lipinski definition) is 2. The molecule has 1 spiro atoms. The van der Waals surface area contributed by atoms with Crippen molar-refractivity contribution in [1.29, 1.82) is 0 Å². The van der Waals surface area contributed by atoms with Gasteiger partial charge in [0.1, 0.15) is 0 Å². The van der Waals surface area contributed by atoms with E-state index in [4.69, 9.17) is 23.2 Å². The molecule has 2 nitrogen and oxygen atoms in total. The van der Waals surface area contributed by atoms with Gasteiger partial charge in [0, 0.05) is 22.2 Å². The molecule has 0 radical (unpaired) electrons. The third-order valence-electron chi connectivity index (χ3n) is 5.23. The van der Waals surface area contributed by atoms with E-state index in [-0.39, 0.29) is 0 Å². The lowest BCUT2D eigenvalue weighted by atomic mass is 9.80. The van der Waals surface area contributed by atoms with Crippen molar-refractivity contribution in [3.63, 3.8) is 0 Å². The average molecular weight is 328 g/mol. The van der Waals surface area contributed by atoms with E-state index in [9.17, 15) is 5.11 Å². The van der Waals surface area contributed by atoms with E-state index in [1.165, 1.54) is 38.5 Å². The summed E-state index contributed by atoms with van der Waals surface area (Å²) in [5.74, 6) is 0.755. The van der Waals surface area contributed by atoms with Crippen LogP contribution in [0.5, 0.6) is 0 Å². The molecule has 21 heavy (non-hydrogen) atoms. The summed E-state index contributed by atoms with van der Waals surface area (Å²) < 4.78 is 0. The van der Waals surface area contributed by atoms with Crippen LogP contribution in [0.3, 0.4) is 0 Å². The molecule has 1 aromatic rings. The molecule has 1 aromatic carbocycles. The quantitative estimate of drug-likeness (QED) is 0.829. The Balaban J connectivity index is 1.44. The zero-order chi connectivity index (χ0) is 14.9. The van der Waals surface area contributed by atoms with Crippen molar-refractivity contribution < 1.29 is 5.11 Å². The lowest BCUT2D eigenvalue weighted by Gasteiger charge is -2.29. The first-order chi connectivity index (χ1) is 10.1. The van der Waals surface area contributed by atoms with Gasteiger partial charge in [0.25, 0.3) is 0 Å². The lowest BCUT2D eigenvalue weighted by Crippen LogP contribution is -2.30. The fraction of sp³-hybridized carbons (Fsp3) is 0.647. The highest BCUT2D eigenvalue weighted by molar-refractivity contribution is 6.36. The molecule has 0 saturated heterocycles. The average Bonchev–Trinajstić information content (AvgIpc) is 3.21. The van der Waals surface area contributed by atoms with E-state index < -0.39 is 6.10 Å². The molecule has 3 rings (SSSR count). The number of benzene rings is 1. The second kappa shape index (κ2) is 6.45. The topological polar surface area (TPSA) is 32.3 Å². The van der Waals surface area contributed by atoms with Gasteiger partial charge in [0.05, 0.1) is 6.10 Å². The molecule has 0 heterocycles. The summed E-state index contributed by atoms with van der Waals surface area (Å²) >= 11 is 12.2. The smallest absolute Gasteiger partial charge is 0.0943 e. The van der Waals surface area contributed by atoms with Crippen LogP contribution in [0.25, 0.3) is 0 Å². The van der Waals surface area contributed by atoms with E-state index in [0.717, 1.165) is 17.9 Å². The number of aliphatic hydroxyl groups excluding tert-OH is 1. The number of halogens is 2. The van der Waals surface area contributed by atoms with Crippen molar-refractivity contribution >= 4 is 23.2 Å². The molecule has 2 aliphatic carbocycles. The van der Waals surface area contributed by atoms with Crippen LogP contribution in [0.4, 0.5) is 0 Å². The number of aliphatic hydroxyl groups is 1. The minimum atomic E-state index is -0.649. The summed E-state index contributed by atoms with van der Waals surface area (Å²) in [5, 5.41) is 14.7. The van der Waals surface area contributed by atoms with E-state index in [0.29, 0.717) is 22.2 Å². The maximum atomic E-state index is 10.3. The monoisotopic (exact) mass is 327 g/mol. The third-order valence-corrected chi connectivity index (χ3v) is 5.89. The van der Waals surface area contributed by atoms with Crippen LogP contribution in [-0.4, -0.2) is 18.2 Å². The van der Waals surface area contributed by atoms with Gasteiger partial charge in [-0.1, -0.05) is 29.3 Å². The molecule has 2 fully saturated rings. The number of hydrogen-bond donors (Lipinski definition) is 2. The maximum absolute atomic E-state index is 10.3. The fourth-order valence-electron chi connectivity index (χ4n) is 3.53. The predicted molar refractivity (Wildman–Crippen MR) is 87.9 cm³/mol. The standard InChI is InChI=1S/C17H23Cl2NO/c18-13-2-1-3-14(19)16(13)15(21)11-20-10-12-4-6-17(7-5-12)8-9-17/h1-3,12,15,20-21H,4-11H2. The van der Waals surface area contributed by atoms with Crippen molar-refractivity contribution in [3.8, 4) is 0 Å². The Morgan fingerprint density at radius 1 is 1.14 bits per heavy atom. The van der Waals surface area contributed by atoms with Crippen LogP contribution in [-0.2, 0) is 0 Å². The van der Waals surface area contributed by atoms with Crippen LogP contribution < -0.4 is 5.32 Å². The summed E-state index contributed by atoms with van der Waals surface area (Å²) in [7, 11) is 0. The Bertz CT molecular complexity index is 471.